The van der Waals surface area contributed by atoms with Crippen molar-refractivity contribution in [2.24, 2.45) is 11.8 Å². The Bertz CT molecular complexity index is 255. The van der Waals surface area contributed by atoms with Crippen LogP contribution in [0, 0.1) is 11.8 Å². The third-order valence-electron chi connectivity index (χ3n) is 4.00. The molecule has 1 heterocycles. The number of Topliss-reactive ketones (excluding diaryl/α,β-unsaturated/α-hetero) is 1. The van der Waals surface area contributed by atoms with Crippen molar-refractivity contribution >= 4 is 5.78 Å². The van der Waals surface area contributed by atoms with Gasteiger partial charge in [-0.1, -0.05) is 0 Å². The number of ether oxygens (including phenoxy) is 2. The Hall–Kier alpha value is -0.410. The number of carbonyl (C=O) groups excluding carboxylic acids is 1. The van der Waals surface area contributed by atoms with Crippen molar-refractivity contribution < 1.29 is 14.3 Å². The van der Waals surface area contributed by atoms with E-state index in [4.69, 9.17) is 9.47 Å². The smallest absolute Gasteiger partial charge is 0.171 e. The normalized spacial score (nSPS) is 40.4. The average Bonchev–Trinajstić information content (AvgIpc) is 2.66. The van der Waals surface area contributed by atoms with E-state index in [0.29, 0.717) is 17.6 Å². The van der Waals surface area contributed by atoms with Gasteiger partial charge in [-0.25, -0.2) is 0 Å². The standard InChI is InChI=1S/C11H16O3/c12-10-2-1-9-7-8(10)3-4-11(9)13-5-6-14-11/h8-9H,1-7H2/t8-,9-/m1/s1. The molecule has 0 N–H and O–H groups in total. The maximum Gasteiger partial charge on any atom is 0.171 e. The van der Waals surface area contributed by atoms with E-state index in [1.54, 1.807) is 0 Å². The molecule has 2 saturated carbocycles. The molecule has 0 unspecified atom stereocenters. The maximum atomic E-state index is 11.5. The van der Waals surface area contributed by atoms with E-state index in [1.165, 1.54) is 0 Å². The Balaban J connectivity index is 1.82. The Morgan fingerprint density at radius 1 is 1.21 bits per heavy atom. The topological polar surface area (TPSA) is 35.5 Å². The van der Waals surface area contributed by atoms with Gasteiger partial charge in [-0.3, -0.25) is 4.79 Å². The van der Waals surface area contributed by atoms with E-state index in [-0.39, 0.29) is 5.79 Å². The van der Waals surface area contributed by atoms with Gasteiger partial charge in [0, 0.05) is 24.7 Å². The molecule has 2 bridgehead atoms. The van der Waals surface area contributed by atoms with Crippen LogP contribution in [0.15, 0.2) is 0 Å². The second kappa shape index (κ2) is 3.04. The molecule has 2 atom stereocenters. The first-order valence-electron chi connectivity index (χ1n) is 5.61. The van der Waals surface area contributed by atoms with E-state index < -0.39 is 0 Å². The number of carbonyl (C=O) groups is 1. The summed E-state index contributed by atoms with van der Waals surface area (Å²) in [6, 6.07) is 0. The first-order chi connectivity index (χ1) is 6.80. The van der Waals surface area contributed by atoms with Gasteiger partial charge in [-0.05, 0) is 19.3 Å². The van der Waals surface area contributed by atoms with Crippen molar-refractivity contribution in [2.75, 3.05) is 13.2 Å². The molecule has 1 aliphatic heterocycles. The van der Waals surface area contributed by atoms with Gasteiger partial charge < -0.3 is 9.47 Å². The highest BCUT2D eigenvalue weighted by Crippen LogP contribution is 2.47. The molecule has 0 aromatic heterocycles. The predicted octanol–water partition coefficient (Wildman–Crippen LogP) is 1.51. The molecule has 3 aliphatic rings. The SMILES string of the molecule is O=C1CC[C@@H]2C[C@H]1CCC21OCCO1. The van der Waals surface area contributed by atoms with Crippen LogP contribution in [-0.4, -0.2) is 24.8 Å². The molecule has 3 fully saturated rings. The highest BCUT2D eigenvalue weighted by atomic mass is 16.7. The number of ketones is 1. The van der Waals surface area contributed by atoms with Crippen LogP contribution in [0.25, 0.3) is 0 Å². The zero-order chi connectivity index (χ0) is 9.60. The molecule has 3 heteroatoms. The molecule has 0 aromatic carbocycles. The molecule has 3 rings (SSSR count). The van der Waals surface area contributed by atoms with Crippen LogP contribution in [0.1, 0.15) is 32.1 Å². The third kappa shape index (κ3) is 1.15. The Labute approximate surface area is 83.8 Å². The average molecular weight is 196 g/mol. The summed E-state index contributed by atoms with van der Waals surface area (Å²) in [5.74, 6) is 0.958. The molecule has 1 spiro atoms. The molecular weight excluding hydrogens is 180 g/mol. The minimum absolute atomic E-state index is 0.294. The number of hydrogen-bond donors (Lipinski definition) is 0. The first kappa shape index (κ1) is 8.86. The van der Waals surface area contributed by atoms with Gasteiger partial charge in [-0.15, -0.1) is 0 Å². The van der Waals surface area contributed by atoms with E-state index in [9.17, 15) is 4.79 Å². The van der Waals surface area contributed by atoms with Crippen LogP contribution < -0.4 is 0 Å². The molecule has 2 aliphatic carbocycles. The lowest BCUT2D eigenvalue weighted by molar-refractivity contribution is -0.224. The Morgan fingerprint density at radius 3 is 2.79 bits per heavy atom. The summed E-state index contributed by atoms with van der Waals surface area (Å²) in [5.41, 5.74) is 0. The van der Waals surface area contributed by atoms with Crippen molar-refractivity contribution in [3.05, 3.63) is 0 Å². The lowest BCUT2D eigenvalue weighted by atomic mass is 9.68. The lowest BCUT2D eigenvalue weighted by Gasteiger charge is -2.44. The van der Waals surface area contributed by atoms with Gasteiger partial charge in [0.25, 0.3) is 0 Å². The highest BCUT2D eigenvalue weighted by molar-refractivity contribution is 5.82. The molecule has 0 aromatic rings. The van der Waals surface area contributed by atoms with Crippen LogP contribution in [0.4, 0.5) is 0 Å². The quantitative estimate of drug-likeness (QED) is 0.589. The monoisotopic (exact) mass is 196 g/mol. The van der Waals surface area contributed by atoms with Crippen molar-refractivity contribution in [1.82, 2.24) is 0 Å². The fraction of sp³-hybridized carbons (Fsp3) is 0.909. The van der Waals surface area contributed by atoms with Crippen LogP contribution >= 0.6 is 0 Å². The molecule has 0 radical (unpaired) electrons. The number of hydrogen-bond acceptors (Lipinski definition) is 3. The molecule has 0 amide bonds. The van der Waals surface area contributed by atoms with Crippen LogP contribution in [0.3, 0.4) is 0 Å². The largest absolute Gasteiger partial charge is 0.347 e. The summed E-state index contributed by atoms with van der Waals surface area (Å²) in [7, 11) is 0. The molecule has 14 heavy (non-hydrogen) atoms. The van der Waals surface area contributed by atoms with Gasteiger partial charge in [0.1, 0.15) is 5.78 Å². The second-order valence-corrected chi connectivity index (χ2v) is 4.68. The predicted molar refractivity (Wildman–Crippen MR) is 49.7 cm³/mol. The fourth-order valence-corrected chi connectivity index (χ4v) is 3.22. The van der Waals surface area contributed by atoms with Crippen LogP contribution in [-0.2, 0) is 14.3 Å². The highest BCUT2D eigenvalue weighted by Gasteiger charge is 2.51. The fourth-order valence-electron chi connectivity index (χ4n) is 3.22. The second-order valence-electron chi connectivity index (χ2n) is 4.68. The first-order valence-corrected chi connectivity index (χ1v) is 5.61. The summed E-state index contributed by atoms with van der Waals surface area (Å²) < 4.78 is 11.5. The van der Waals surface area contributed by atoms with Gasteiger partial charge in [0.2, 0.25) is 0 Å². The zero-order valence-corrected chi connectivity index (χ0v) is 8.33. The van der Waals surface area contributed by atoms with Gasteiger partial charge in [0.15, 0.2) is 5.79 Å². The van der Waals surface area contributed by atoms with Crippen molar-refractivity contribution in [1.29, 1.82) is 0 Å². The van der Waals surface area contributed by atoms with Crippen LogP contribution in [0.2, 0.25) is 0 Å². The van der Waals surface area contributed by atoms with E-state index in [2.05, 4.69) is 0 Å². The molecular formula is C11H16O3. The third-order valence-corrected chi connectivity index (χ3v) is 4.00. The summed E-state index contributed by atoms with van der Waals surface area (Å²) in [6.45, 7) is 1.46. The van der Waals surface area contributed by atoms with Gasteiger partial charge >= 0.3 is 0 Å². The van der Waals surface area contributed by atoms with E-state index in [1.807, 2.05) is 0 Å². The Kier molecular flexibility index (Phi) is 1.92. The molecule has 78 valence electrons. The zero-order valence-electron chi connectivity index (χ0n) is 8.33. The number of fused-ring (bicyclic) bond motifs is 3. The number of rotatable bonds is 0. The van der Waals surface area contributed by atoms with E-state index in [0.717, 1.165) is 45.3 Å². The molecule has 1 saturated heterocycles. The summed E-state index contributed by atoms with van der Waals surface area (Å²) >= 11 is 0. The van der Waals surface area contributed by atoms with Crippen LogP contribution in [0.5, 0.6) is 0 Å². The van der Waals surface area contributed by atoms with Gasteiger partial charge in [0.05, 0.1) is 13.2 Å². The summed E-state index contributed by atoms with van der Waals surface area (Å²) in [6.07, 6.45) is 4.60. The minimum atomic E-state index is -0.294. The summed E-state index contributed by atoms with van der Waals surface area (Å²) in [4.78, 5) is 11.5. The maximum absolute atomic E-state index is 11.5. The Morgan fingerprint density at radius 2 is 2.00 bits per heavy atom. The van der Waals surface area contributed by atoms with Crippen molar-refractivity contribution in [3.63, 3.8) is 0 Å². The minimum Gasteiger partial charge on any atom is -0.347 e. The summed E-state index contributed by atoms with van der Waals surface area (Å²) in [5, 5.41) is 0. The van der Waals surface area contributed by atoms with Crippen molar-refractivity contribution in [3.8, 4) is 0 Å². The van der Waals surface area contributed by atoms with Gasteiger partial charge in [-0.2, -0.15) is 0 Å². The van der Waals surface area contributed by atoms with E-state index >= 15 is 0 Å². The molecule has 3 nitrogen and oxygen atoms in total. The lowest BCUT2D eigenvalue weighted by Crippen LogP contribution is -2.48. The van der Waals surface area contributed by atoms with Crippen molar-refractivity contribution in [2.45, 2.75) is 37.9 Å².